The number of imidazole rings is 1. The molecule has 5 N–H and O–H groups in total. The van der Waals surface area contributed by atoms with E-state index in [1.165, 1.54) is 0 Å². The van der Waals surface area contributed by atoms with Crippen LogP contribution in [0.4, 0.5) is 11.8 Å². The molecule has 0 radical (unpaired) electrons. The Bertz CT molecular complexity index is 813. The molecule has 3 aromatic rings. The predicted octanol–water partition coefficient (Wildman–Crippen LogP) is 1.06. The third-order valence-corrected chi connectivity index (χ3v) is 2.77. The summed E-state index contributed by atoms with van der Waals surface area (Å²) in [4.78, 5) is 15.1. The first-order valence-corrected chi connectivity index (χ1v) is 5.46. The Morgan fingerprint density at radius 3 is 2.84 bits per heavy atom. The number of benzene rings is 1. The van der Waals surface area contributed by atoms with Crippen LogP contribution in [-0.2, 0) is 0 Å². The molecule has 2 heterocycles. The van der Waals surface area contributed by atoms with Crippen molar-refractivity contribution < 1.29 is 0 Å². The smallest absolute Gasteiger partial charge is 0.222 e. The molecule has 1 aromatic carbocycles. The molecule has 7 nitrogen and oxygen atoms in total. The number of H-pyrrole nitrogens is 1. The Kier molecular flexibility index (Phi) is 2.29. The van der Waals surface area contributed by atoms with Crippen LogP contribution in [0.1, 0.15) is 5.56 Å². The average Bonchev–Trinajstić information content (AvgIpc) is 2.85. The monoisotopic (exact) mass is 251 g/mol. The second-order valence-corrected chi connectivity index (χ2v) is 3.91. The highest BCUT2D eigenvalue weighted by molar-refractivity contribution is 5.93. The zero-order valence-electron chi connectivity index (χ0n) is 9.75. The van der Waals surface area contributed by atoms with Crippen LogP contribution in [0.25, 0.3) is 22.3 Å². The molecule has 92 valence electrons. The number of aromatic amines is 1. The van der Waals surface area contributed by atoms with E-state index in [9.17, 15) is 5.26 Å². The Labute approximate surface area is 107 Å². The molecule has 0 spiro atoms. The first-order chi connectivity index (χ1) is 9.20. The fourth-order valence-electron chi connectivity index (χ4n) is 1.96. The second kappa shape index (κ2) is 3.96. The standard InChI is InChI=1S/C12H9N7/c13-4-7-9(18-12(15)19-11(7)14)6-2-1-3-8-10(6)17-5-16-8/h1-3,5H,(H,16,17)(H4,14,15,18,19). The number of para-hydroxylation sites is 1. The highest BCUT2D eigenvalue weighted by Gasteiger charge is 2.16. The van der Waals surface area contributed by atoms with Crippen molar-refractivity contribution in [3.63, 3.8) is 0 Å². The van der Waals surface area contributed by atoms with Gasteiger partial charge in [0.1, 0.15) is 17.5 Å². The number of nitrogens with zero attached hydrogens (tertiary/aromatic N) is 4. The maximum atomic E-state index is 9.20. The van der Waals surface area contributed by atoms with Crippen LogP contribution in [0.2, 0.25) is 0 Å². The van der Waals surface area contributed by atoms with E-state index in [2.05, 4.69) is 19.9 Å². The molecule has 2 aromatic heterocycles. The number of nitrogens with one attached hydrogen (secondary N) is 1. The summed E-state index contributed by atoms with van der Waals surface area (Å²) < 4.78 is 0. The minimum atomic E-state index is 0.0269. The van der Waals surface area contributed by atoms with Gasteiger partial charge in [0, 0.05) is 5.56 Å². The normalized spacial score (nSPS) is 10.5. The van der Waals surface area contributed by atoms with Crippen molar-refractivity contribution in [1.29, 1.82) is 5.26 Å². The van der Waals surface area contributed by atoms with Crippen molar-refractivity contribution in [2.45, 2.75) is 0 Å². The van der Waals surface area contributed by atoms with E-state index in [0.717, 1.165) is 5.52 Å². The molecule has 0 unspecified atom stereocenters. The van der Waals surface area contributed by atoms with Gasteiger partial charge >= 0.3 is 0 Å². The molecule has 0 aliphatic heterocycles. The van der Waals surface area contributed by atoms with Crippen LogP contribution >= 0.6 is 0 Å². The molecular weight excluding hydrogens is 242 g/mol. The molecule has 3 rings (SSSR count). The molecule has 0 amide bonds. The van der Waals surface area contributed by atoms with Crippen molar-refractivity contribution in [1.82, 2.24) is 19.9 Å². The highest BCUT2D eigenvalue weighted by atomic mass is 15.0. The summed E-state index contributed by atoms with van der Waals surface area (Å²) in [5.41, 5.74) is 14.1. The average molecular weight is 251 g/mol. The highest BCUT2D eigenvalue weighted by Crippen LogP contribution is 2.29. The van der Waals surface area contributed by atoms with E-state index in [1.807, 2.05) is 24.3 Å². The minimum Gasteiger partial charge on any atom is -0.382 e. The molecule has 0 aliphatic carbocycles. The van der Waals surface area contributed by atoms with Gasteiger partial charge in [0.15, 0.2) is 0 Å². The van der Waals surface area contributed by atoms with Gasteiger partial charge in [0.05, 0.1) is 23.1 Å². The van der Waals surface area contributed by atoms with Gasteiger partial charge in [0.2, 0.25) is 5.95 Å². The molecule has 0 saturated heterocycles. The van der Waals surface area contributed by atoms with Crippen molar-refractivity contribution in [3.05, 3.63) is 30.1 Å². The van der Waals surface area contributed by atoms with Gasteiger partial charge in [-0.2, -0.15) is 10.2 Å². The van der Waals surface area contributed by atoms with Crippen molar-refractivity contribution >= 4 is 22.8 Å². The number of fused-ring (bicyclic) bond motifs is 1. The third kappa shape index (κ3) is 1.63. The van der Waals surface area contributed by atoms with E-state index in [1.54, 1.807) is 6.33 Å². The predicted molar refractivity (Wildman–Crippen MR) is 70.7 cm³/mol. The first-order valence-electron chi connectivity index (χ1n) is 5.46. The third-order valence-electron chi connectivity index (χ3n) is 2.77. The Morgan fingerprint density at radius 2 is 2.05 bits per heavy atom. The van der Waals surface area contributed by atoms with Crippen molar-refractivity contribution in [2.24, 2.45) is 0 Å². The molecule has 0 fully saturated rings. The van der Waals surface area contributed by atoms with Gasteiger partial charge in [-0.1, -0.05) is 12.1 Å². The van der Waals surface area contributed by atoms with E-state index in [0.29, 0.717) is 16.8 Å². The fraction of sp³-hybridized carbons (Fsp3) is 0. The molecule has 0 aliphatic rings. The van der Waals surface area contributed by atoms with Crippen LogP contribution in [0, 0.1) is 11.3 Å². The SMILES string of the molecule is N#Cc1c(N)nc(N)nc1-c1cccc2[nH]cnc12. The zero-order chi connectivity index (χ0) is 13.4. The molecule has 0 bridgehead atoms. The van der Waals surface area contributed by atoms with Crippen LogP contribution in [0.15, 0.2) is 24.5 Å². The number of hydrogen-bond acceptors (Lipinski definition) is 6. The van der Waals surface area contributed by atoms with Crippen molar-refractivity contribution in [3.8, 4) is 17.3 Å². The zero-order valence-corrected chi connectivity index (χ0v) is 9.75. The summed E-state index contributed by atoms with van der Waals surface area (Å²) >= 11 is 0. The lowest BCUT2D eigenvalue weighted by molar-refractivity contribution is 1.18. The van der Waals surface area contributed by atoms with Crippen LogP contribution in [0.5, 0.6) is 0 Å². The number of aromatic nitrogens is 4. The molecular formula is C12H9N7. The van der Waals surface area contributed by atoms with Gasteiger partial charge in [-0.05, 0) is 6.07 Å². The van der Waals surface area contributed by atoms with E-state index < -0.39 is 0 Å². The van der Waals surface area contributed by atoms with Crippen molar-refractivity contribution in [2.75, 3.05) is 11.5 Å². The van der Waals surface area contributed by atoms with Gasteiger partial charge in [0.25, 0.3) is 0 Å². The van der Waals surface area contributed by atoms with E-state index >= 15 is 0 Å². The first kappa shape index (κ1) is 11.0. The van der Waals surface area contributed by atoms with Crippen LogP contribution in [0.3, 0.4) is 0 Å². The van der Waals surface area contributed by atoms with Gasteiger partial charge in [-0.25, -0.2) is 9.97 Å². The summed E-state index contributed by atoms with van der Waals surface area (Å²) in [6, 6.07) is 7.53. The van der Waals surface area contributed by atoms with Gasteiger partial charge < -0.3 is 16.5 Å². The summed E-state index contributed by atoms with van der Waals surface area (Å²) in [7, 11) is 0. The van der Waals surface area contributed by atoms with Gasteiger partial charge in [-0.15, -0.1) is 0 Å². The summed E-state index contributed by atoms with van der Waals surface area (Å²) in [5.74, 6) is 0.0941. The van der Waals surface area contributed by atoms with E-state index in [-0.39, 0.29) is 17.3 Å². The fourth-order valence-corrected chi connectivity index (χ4v) is 1.96. The summed E-state index contributed by atoms with van der Waals surface area (Å²) in [6.07, 6.45) is 1.58. The van der Waals surface area contributed by atoms with Crippen LogP contribution in [-0.4, -0.2) is 19.9 Å². The lowest BCUT2D eigenvalue weighted by atomic mass is 10.1. The number of nitrogens with two attached hydrogens (primary N) is 2. The van der Waals surface area contributed by atoms with Crippen LogP contribution < -0.4 is 11.5 Å². The number of nitrogen functional groups attached to an aromatic ring is 2. The Morgan fingerprint density at radius 1 is 1.21 bits per heavy atom. The lowest BCUT2D eigenvalue weighted by Gasteiger charge is -2.07. The second-order valence-electron chi connectivity index (χ2n) is 3.91. The minimum absolute atomic E-state index is 0.0269. The number of anilines is 2. The molecule has 0 saturated carbocycles. The Balaban J connectivity index is 2.39. The largest absolute Gasteiger partial charge is 0.382 e. The molecule has 0 atom stereocenters. The molecule has 19 heavy (non-hydrogen) atoms. The summed E-state index contributed by atoms with van der Waals surface area (Å²) in [5, 5.41) is 9.20. The quantitative estimate of drug-likeness (QED) is 0.592. The van der Waals surface area contributed by atoms with Gasteiger partial charge in [-0.3, -0.25) is 0 Å². The number of nitriles is 1. The maximum absolute atomic E-state index is 9.20. The summed E-state index contributed by atoms with van der Waals surface area (Å²) in [6.45, 7) is 0. The Hall–Kier alpha value is -3.14. The maximum Gasteiger partial charge on any atom is 0.222 e. The lowest BCUT2D eigenvalue weighted by Crippen LogP contribution is -2.05. The topological polar surface area (TPSA) is 130 Å². The van der Waals surface area contributed by atoms with E-state index in [4.69, 9.17) is 11.5 Å². The molecule has 7 heteroatoms. The number of rotatable bonds is 1. The number of hydrogen-bond donors (Lipinski definition) is 3.